The second kappa shape index (κ2) is 7.22. The van der Waals surface area contributed by atoms with Gasteiger partial charge in [-0.3, -0.25) is 0 Å². The lowest BCUT2D eigenvalue weighted by Crippen LogP contribution is -2.04. The monoisotopic (exact) mass is 402 g/mol. The van der Waals surface area contributed by atoms with E-state index in [1.165, 1.54) is 11.6 Å². The van der Waals surface area contributed by atoms with Gasteiger partial charge < -0.3 is 4.57 Å². The third kappa shape index (κ3) is 4.24. The van der Waals surface area contributed by atoms with Crippen LogP contribution in [0.25, 0.3) is 11.4 Å². The average Bonchev–Trinajstić information content (AvgIpc) is 2.97. The maximum absolute atomic E-state index is 13.1. The van der Waals surface area contributed by atoms with Gasteiger partial charge in [0, 0.05) is 31.4 Å². The van der Waals surface area contributed by atoms with Gasteiger partial charge >= 0.3 is 6.18 Å². The van der Waals surface area contributed by atoms with E-state index in [-0.39, 0.29) is 28.8 Å². The Morgan fingerprint density at radius 3 is 2.33 bits per heavy atom. The Hall–Kier alpha value is -2.55. The number of imidazole rings is 1. The van der Waals surface area contributed by atoms with Crippen LogP contribution in [-0.2, 0) is 19.6 Å². The number of hydrogen-bond donors (Lipinski definition) is 0. The van der Waals surface area contributed by atoms with Gasteiger partial charge in [-0.15, -0.1) is 0 Å². The molecular formula is C17H12ClF5N4. The van der Waals surface area contributed by atoms with Crippen molar-refractivity contribution >= 4 is 11.6 Å². The molecule has 0 spiro atoms. The summed E-state index contributed by atoms with van der Waals surface area (Å²) in [5.74, 6) is 0.146. The number of benzene rings is 1. The van der Waals surface area contributed by atoms with Crippen molar-refractivity contribution in [3.05, 3.63) is 64.5 Å². The molecule has 142 valence electrons. The highest BCUT2D eigenvalue weighted by Crippen LogP contribution is 2.31. The molecule has 27 heavy (non-hydrogen) atoms. The highest BCUT2D eigenvalue weighted by molar-refractivity contribution is 6.28. The third-order valence-electron chi connectivity index (χ3n) is 3.86. The van der Waals surface area contributed by atoms with Crippen molar-refractivity contribution < 1.29 is 22.0 Å². The van der Waals surface area contributed by atoms with Gasteiger partial charge in [0.15, 0.2) is 5.69 Å². The van der Waals surface area contributed by atoms with Gasteiger partial charge in [-0.05, 0) is 17.2 Å². The number of hydrogen-bond acceptors (Lipinski definition) is 3. The molecule has 0 atom stereocenters. The minimum atomic E-state index is -4.53. The summed E-state index contributed by atoms with van der Waals surface area (Å²) in [5.41, 5.74) is -0.106. The van der Waals surface area contributed by atoms with E-state index in [0.717, 1.165) is 12.4 Å². The largest absolute Gasteiger partial charge is 0.434 e. The van der Waals surface area contributed by atoms with Crippen molar-refractivity contribution in [2.75, 3.05) is 0 Å². The summed E-state index contributed by atoms with van der Waals surface area (Å²) in [6, 6.07) is 6.37. The van der Waals surface area contributed by atoms with Crippen molar-refractivity contribution in [3.8, 4) is 11.4 Å². The van der Waals surface area contributed by atoms with E-state index in [0.29, 0.717) is 11.1 Å². The average molecular weight is 403 g/mol. The van der Waals surface area contributed by atoms with Crippen molar-refractivity contribution in [1.29, 1.82) is 0 Å². The topological polar surface area (TPSA) is 43.6 Å². The summed E-state index contributed by atoms with van der Waals surface area (Å²) in [6.45, 7) is 0. The van der Waals surface area contributed by atoms with E-state index in [2.05, 4.69) is 15.0 Å². The molecule has 3 rings (SSSR count). The van der Waals surface area contributed by atoms with Gasteiger partial charge in [-0.1, -0.05) is 24.3 Å². The number of nitrogens with zero attached hydrogens (tertiary/aromatic N) is 4. The van der Waals surface area contributed by atoms with Crippen LogP contribution < -0.4 is 0 Å². The summed E-state index contributed by atoms with van der Waals surface area (Å²) in [5, 5.41) is -0.140. The van der Waals surface area contributed by atoms with Crippen LogP contribution in [0.2, 0.25) is 5.28 Å². The van der Waals surface area contributed by atoms with Crippen molar-refractivity contribution in [2.45, 2.75) is 19.0 Å². The molecule has 0 radical (unpaired) electrons. The van der Waals surface area contributed by atoms with Crippen LogP contribution in [0.1, 0.15) is 28.9 Å². The van der Waals surface area contributed by atoms with Crippen LogP contribution in [-0.4, -0.2) is 19.5 Å². The Bertz CT molecular complexity index is 951. The van der Waals surface area contributed by atoms with Crippen LogP contribution in [0.15, 0.2) is 36.7 Å². The predicted octanol–water partition coefficient (Wildman–Crippen LogP) is 5.08. The molecule has 0 fully saturated rings. The number of halogens is 6. The number of aromatic nitrogens is 4. The lowest BCUT2D eigenvalue weighted by molar-refractivity contribution is -0.140. The van der Waals surface area contributed by atoms with Crippen LogP contribution in [0.4, 0.5) is 22.0 Å². The first kappa shape index (κ1) is 19.2. The molecule has 0 unspecified atom stereocenters. The molecule has 0 aliphatic rings. The summed E-state index contributed by atoms with van der Waals surface area (Å²) in [7, 11) is 1.46. The van der Waals surface area contributed by atoms with E-state index in [1.54, 1.807) is 24.3 Å². The zero-order valence-electron chi connectivity index (χ0n) is 13.8. The molecule has 0 amide bonds. The highest BCUT2D eigenvalue weighted by Gasteiger charge is 2.34. The standard InChI is InChI=1S/C17H12ClF5N4/c1-27-8-13(17(21,22)23)26-15(27)10-4-2-9(3-5-10)6-12-11(14(19)20)7-24-16(18)25-12/h2-5,7-8,14H,6H2,1H3. The summed E-state index contributed by atoms with van der Waals surface area (Å²) < 4.78 is 65.7. The fourth-order valence-electron chi connectivity index (χ4n) is 2.56. The van der Waals surface area contributed by atoms with E-state index < -0.39 is 18.3 Å². The Labute approximate surface area is 155 Å². The minimum Gasteiger partial charge on any atom is -0.333 e. The van der Waals surface area contributed by atoms with Gasteiger partial charge in [0.25, 0.3) is 6.43 Å². The van der Waals surface area contributed by atoms with Gasteiger partial charge in [-0.2, -0.15) is 13.2 Å². The lowest BCUT2D eigenvalue weighted by atomic mass is 10.0. The molecular weight excluding hydrogens is 391 g/mol. The molecule has 0 saturated carbocycles. The first-order valence-corrected chi connectivity index (χ1v) is 8.02. The Kier molecular flexibility index (Phi) is 5.14. The number of aryl methyl sites for hydroxylation is 1. The Morgan fingerprint density at radius 2 is 1.78 bits per heavy atom. The molecule has 10 heteroatoms. The molecule has 1 aromatic carbocycles. The van der Waals surface area contributed by atoms with Crippen LogP contribution in [0.3, 0.4) is 0 Å². The lowest BCUT2D eigenvalue weighted by Gasteiger charge is -2.09. The third-order valence-corrected chi connectivity index (χ3v) is 4.04. The normalized spacial score (nSPS) is 12.0. The predicted molar refractivity (Wildman–Crippen MR) is 88.5 cm³/mol. The second-order valence-corrected chi connectivity index (χ2v) is 6.11. The van der Waals surface area contributed by atoms with Crippen molar-refractivity contribution in [3.63, 3.8) is 0 Å². The molecule has 2 heterocycles. The van der Waals surface area contributed by atoms with E-state index in [1.807, 2.05) is 0 Å². The molecule has 0 N–H and O–H groups in total. The van der Waals surface area contributed by atoms with E-state index in [9.17, 15) is 22.0 Å². The first-order valence-electron chi connectivity index (χ1n) is 7.64. The molecule has 2 aromatic heterocycles. The highest BCUT2D eigenvalue weighted by atomic mass is 35.5. The Morgan fingerprint density at radius 1 is 1.11 bits per heavy atom. The van der Waals surface area contributed by atoms with Crippen molar-refractivity contribution in [1.82, 2.24) is 19.5 Å². The molecule has 0 aliphatic carbocycles. The SMILES string of the molecule is Cn1cc(C(F)(F)F)nc1-c1ccc(Cc2nc(Cl)ncc2C(F)F)cc1. The molecule has 0 aliphatic heterocycles. The van der Waals surface area contributed by atoms with Gasteiger partial charge in [-0.25, -0.2) is 23.7 Å². The van der Waals surface area contributed by atoms with Crippen LogP contribution >= 0.6 is 11.6 Å². The molecule has 4 nitrogen and oxygen atoms in total. The maximum atomic E-state index is 13.1. The number of alkyl halides is 5. The van der Waals surface area contributed by atoms with Gasteiger partial charge in [0.05, 0.1) is 11.3 Å². The van der Waals surface area contributed by atoms with Crippen LogP contribution in [0.5, 0.6) is 0 Å². The maximum Gasteiger partial charge on any atom is 0.434 e. The van der Waals surface area contributed by atoms with Crippen LogP contribution in [0, 0.1) is 0 Å². The fraction of sp³-hybridized carbons (Fsp3) is 0.235. The van der Waals surface area contributed by atoms with E-state index >= 15 is 0 Å². The fourth-order valence-corrected chi connectivity index (χ4v) is 2.71. The summed E-state index contributed by atoms with van der Waals surface area (Å²) >= 11 is 5.68. The second-order valence-electron chi connectivity index (χ2n) is 5.77. The minimum absolute atomic E-state index is 0.0799. The van der Waals surface area contributed by atoms with E-state index in [4.69, 9.17) is 11.6 Å². The molecule has 0 saturated heterocycles. The Balaban J connectivity index is 1.87. The zero-order valence-corrected chi connectivity index (χ0v) is 14.6. The summed E-state index contributed by atoms with van der Waals surface area (Å²) in [6.07, 6.45) is -5.31. The molecule has 0 bridgehead atoms. The van der Waals surface area contributed by atoms with Crippen molar-refractivity contribution in [2.24, 2.45) is 7.05 Å². The zero-order chi connectivity index (χ0) is 19.8. The smallest absolute Gasteiger partial charge is 0.333 e. The summed E-state index contributed by atoms with van der Waals surface area (Å²) in [4.78, 5) is 11.0. The quantitative estimate of drug-likeness (QED) is 0.451. The van der Waals surface area contributed by atoms with Gasteiger partial charge in [0.1, 0.15) is 5.82 Å². The first-order chi connectivity index (χ1) is 12.6. The molecule has 3 aromatic rings. The number of rotatable bonds is 4. The van der Waals surface area contributed by atoms with Gasteiger partial charge in [0.2, 0.25) is 5.28 Å².